The Morgan fingerprint density at radius 1 is 1.52 bits per heavy atom. The number of anilines is 1. The summed E-state index contributed by atoms with van der Waals surface area (Å²) in [5.41, 5.74) is 0.701. The SMILES string of the molecule is CC[C@@H](C)C(=O)Nc1ccc(Sc2nncn2C)c(Cl)c1. The second kappa shape index (κ2) is 6.95. The van der Waals surface area contributed by atoms with Gasteiger partial charge in [-0.2, -0.15) is 0 Å². The molecule has 0 unspecified atom stereocenters. The van der Waals surface area contributed by atoms with Gasteiger partial charge in [0, 0.05) is 23.5 Å². The van der Waals surface area contributed by atoms with Gasteiger partial charge in [-0.25, -0.2) is 0 Å². The lowest BCUT2D eigenvalue weighted by molar-refractivity contribution is -0.119. The van der Waals surface area contributed by atoms with Crippen LogP contribution in [0.2, 0.25) is 5.02 Å². The van der Waals surface area contributed by atoms with Crippen molar-refractivity contribution < 1.29 is 4.79 Å². The molecule has 5 nitrogen and oxygen atoms in total. The van der Waals surface area contributed by atoms with Crippen molar-refractivity contribution in [2.24, 2.45) is 13.0 Å². The summed E-state index contributed by atoms with van der Waals surface area (Å²) in [5, 5.41) is 12.0. The van der Waals surface area contributed by atoms with E-state index in [0.717, 1.165) is 16.5 Å². The van der Waals surface area contributed by atoms with Crippen LogP contribution in [0.3, 0.4) is 0 Å². The van der Waals surface area contributed by atoms with E-state index in [0.29, 0.717) is 10.7 Å². The van der Waals surface area contributed by atoms with Crippen LogP contribution in [0, 0.1) is 5.92 Å². The summed E-state index contributed by atoms with van der Waals surface area (Å²) in [6.07, 6.45) is 2.44. The minimum Gasteiger partial charge on any atom is -0.326 e. The Labute approximate surface area is 133 Å². The number of aromatic nitrogens is 3. The molecule has 1 heterocycles. The van der Waals surface area contributed by atoms with Gasteiger partial charge in [0.15, 0.2) is 5.16 Å². The Balaban J connectivity index is 2.11. The van der Waals surface area contributed by atoms with Gasteiger partial charge in [-0.15, -0.1) is 10.2 Å². The summed E-state index contributed by atoms with van der Waals surface area (Å²) in [7, 11) is 1.87. The van der Waals surface area contributed by atoms with Gasteiger partial charge >= 0.3 is 0 Å². The van der Waals surface area contributed by atoms with Gasteiger partial charge in [0.05, 0.1) is 5.02 Å². The monoisotopic (exact) mass is 324 g/mol. The topological polar surface area (TPSA) is 59.8 Å². The van der Waals surface area contributed by atoms with E-state index in [1.54, 1.807) is 12.4 Å². The van der Waals surface area contributed by atoms with Crippen LogP contribution in [-0.2, 0) is 11.8 Å². The molecule has 0 radical (unpaired) electrons. The zero-order valence-corrected chi connectivity index (χ0v) is 13.7. The third-order valence-corrected chi connectivity index (χ3v) is 4.68. The summed E-state index contributed by atoms with van der Waals surface area (Å²) in [4.78, 5) is 12.7. The van der Waals surface area contributed by atoms with Crippen LogP contribution in [0.5, 0.6) is 0 Å². The number of hydrogen-bond donors (Lipinski definition) is 1. The molecule has 1 aromatic carbocycles. The highest BCUT2D eigenvalue weighted by Crippen LogP contribution is 2.33. The van der Waals surface area contributed by atoms with Crippen LogP contribution >= 0.6 is 23.4 Å². The second-order valence-electron chi connectivity index (χ2n) is 4.77. The lowest BCUT2D eigenvalue weighted by atomic mass is 10.1. The number of aryl methyl sites for hydroxylation is 1. The normalized spacial score (nSPS) is 12.2. The molecule has 1 atom stereocenters. The number of benzene rings is 1. The summed E-state index contributed by atoms with van der Waals surface area (Å²) < 4.78 is 1.82. The van der Waals surface area contributed by atoms with Gasteiger partial charge in [0.25, 0.3) is 0 Å². The van der Waals surface area contributed by atoms with Gasteiger partial charge < -0.3 is 9.88 Å². The van der Waals surface area contributed by atoms with Crippen LogP contribution in [-0.4, -0.2) is 20.7 Å². The van der Waals surface area contributed by atoms with Crippen LogP contribution in [0.25, 0.3) is 0 Å². The van der Waals surface area contributed by atoms with Crippen molar-refractivity contribution in [1.29, 1.82) is 0 Å². The average molecular weight is 325 g/mol. The first-order chi connectivity index (χ1) is 10.0. The minimum atomic E-state index is -0.0172. The number of hydrogen-bond acceptors (Lipinski definition) is 4. The zero-order chi connectivity index (χ0) is 15.4. The number of halogens is 1. The first kappa shape index (κ1) is 15.9. The number of amides is 1. The molecule has 0 fully saturated rings. The molecule has 0 aliphatic rings. The van der Waals surface area contributed by atoms with E-state index in [1.165, 1.54) is 11.8 Å². The molecule has 2 rings (SSSR count). The fraction of sp³-hybridized carbons (Fsp3) is 0.357. The van der Waals surface area contributed by atoms with Crippen molar-refractivity contribution >= 4 is 35.0 Å². The fourth-order valence-corrected chi connectivity index (χ4v) is 2.64. The Bertz CT molecular complexity index is 644. The molecule has 0 spiro atoms. The molecule has 21 heavy (non-hydrogen) atoms. The summed E-state index contributed by atoms with van der Waals surface area (Å²) in [5.74, 6) is -0.0151. The Kier molecular flexibility index (Phi) is 5.25. The second-order valence-corrected chi connectivity index (χ2v) is 6.19. The molecule has 2 aromatic rings. The highest BCUT2D eigenvalue weighted by atomic mass is 35.5. The zero-order valence-electron chi connectivity index (χ0n) is 12.1. The number of nitrogens with one attached hydrogen (secondary N) is 1. The van der Waals surface area contributed by atoms with E-state index in [1.807, 2.05) is 37.6 Å². The maximum atomic E-state index is 11.9. The van der Waals surface area contributed by atoms with Crippen molar-refractivity contribution in [3.05, 3.63) is 29.5 Å². The lowest BCUT2D eigenvalue weighted by Crippen LogP contribution is -2.19. The molecule has 0 bridgehead atoms. The Hall–Kier alpha value is -1.53. The maximum Gasteiger partial charge on any atom is 0.227 e. The molecular weight excluding hydrogens is 308 g/mol. The lowest BCUT2D eigenvalue weighted by Gasteiger charge is -2.11. The van der Waals surface area contributed by atoms with Gasteiger partial charge in [-0.1, -0.05) is 25.4 Å². The number of rotatable bonds is 5. The van der Waals surface area contributed by atoms with Gasteiger partial charge in [0.1, 0.15) is 6.33 Å². The van der Waals surface area contributed by atoms with Crippen molar-refractivity contribution in [2.45, 2.75) is 30.3 Å². The standard InChI is InChI=1S/C14H17ClN4OS/c1-4-9(2)13(20)17-10-5-6-12(11(15)7-10)21-14-18-16-8-19(14)3/h5-9H,4H2,1-3H3,(H,17,20)/t9-/m1/s1. The van der Waals surface area contributed by atoms with E-state index >= 15 is 0 Å². The highest BCUT2D eigenvalue weighted by Gasteiger charge is 2.12. The molecule has 0 saturated heterocycles. The first-order valence-corrected chi connectivity index (χ1v) is 7.83. The summed E-state index contributed by atoms with van der Waals surface area (Å²) in [6.45, 7) is 3.88. The van der Waals surface area contributed by atoms with Crippen molar-refractivity contribution in [3.8, 4) is 0 Å². The smallest absolute Gasteiger partial charge is 0.227 e. The number of nitrogens with zero attached hydrogens (tertiary/aromatic N) is 3. The predicted octanol–water partition coefficient (Wildman–Crippen LogP) is 3.60. The predicted molar refractivity (Wildman–Crippen MR) is 84.7 cm³/mol. The van der Waals surface area contributed by atoms with E-state index < -0.39 is 0 Å². The summed E-state index contributed by atoms with van der Waals surface area (Å²) >= 11 is 7.70. The van der Waals surface area contributed by atoms with Crippen LogP contribution < -0.4 is 5.32 Å². The molecule has 0 aliphatic heterocycles. The third-order valence-electron chi connectivity index (χ3n) is 3.13. The van der Waals surface area contributed by atoms with Gasteiger partial charge in [0.2, 0.25) is 5.91 Å². The molecule has 1 N–H and O–H groups in total. The molecule has 0 aliphatic carbocycles. The van der Waals surface area contributed by atoms with E-state index in [-0.39, 0.29) is 11.8 Å². The van der Waals surface area contributed by atoms with Crippen molar-refractivity contribution in [1.82, 2.24) is 14.8 Å². The van der Waals surface area contributed by atoms with Crippen molar-refractivity contribution in [2.75, 3.05) is 5.32 Å². The molecule has 7 heteroatoms. The van der Waals surface area contributed by atoms with Gasteiger partial charge in [-0.05, 0) is 36.4 Å². The van der Waals surface area contributed by atoms with E-state index in [2.05, 4.69) is 15.5 Å². The van der Waals surface area contributed by atoms with E-state index in [9.17, 15) is 4.79 Å². The molecule has 1 aromatic heterocycles. The number of carbonyl (C=O) groups is 1. The van der Waals surface area contributed by atoms with Crippen LogP contribution in [0.15, 0.2) is 34.6 Å². The summed E-state index contributed by atoms with van der Waals surface area (Å²) in [6, 6.07) is 5.46. The van der Waals surface area contributed by atoms with Crippen molar-refractivity contribution in [3.63, 3.8) is 0 Å². The largest absolute Gasteiger partial charge is 0.326 e. The first-order valence-electron chi connectivity index (χ1n) is 6.63. The molecule has 112 valence electrons. The Morgan fingerprint density at radius 3 is 2.86 bits per heavy atom. The van der Waals surface area contributed by atoms with Crippen LogP contribution in [0.4, 0.5) is 5.69 Å². The number of carbonyl (C=O) groups excluding carboxylic acids is 1. The molecule has 0 saturated carbocycles. The highest BCUT2D eigenvalue weighted by molar-refractivity contribution is 7.99. The fourth-order valence-electron chi connectivity index (χ4n) is 1.58. The molecular formula is C14H17ClN4OS. The van der Waals surface area contributed by atoms with Crippen LogP contribution in [0.1, 0.15) is 20.3 Å². The minimum absolute atomic E-state index is 0.00210. The van der Waals surface area contributed by atoms with E-state index in [4.69, 9.17) is 11.6 Å². The average Bonchev–Trinajstić information content (AvgIpc) is 2.86. The molecule has 1 amide bonds. The van der Waals surface area contributed by atoms with Gasteiger partial charge in [-0.3, -0.25) is 4.79 Å². The Morgan fingerprint density at radius 2 is 2.29 bits per heavy atom. The maximum absolute atomic E-state index is 11.9. The third kappa shape index (κ3) is 3.98. The quantitative estimate of drug-likeness (QED) is 0.912.